The van der Waals surface area contributed by atoms with Crippen LogP contribution in [0.3, 0.4) is 0 Å². The molecule has 0 saturated carbocycles. The number of hydrogen-bond donors (Lipinski definition) is 0. The summed E-state index contributed by atoms with van der Waals surface area (Å²) in [5, 5.41) is 0. The second-order valence-electron chi connectivity index (χ2n) is 4.07. The van der Waals surface area contributed by atoms with Crippen molar-refractivity contribution in [1.29, 1.82) is 0 Å². The highest BCUT2D eigenvalue weighted by molar-refractivity contribution is 5.22. The highest BCUT2D eigenvalue weighted by Crippen LogP contribution is 2.23. The van der Waals surface area contributed by atoms with Crippen molar-refractivity contribution >= 4 is 0 Å². The van der Waals surface area contributed by atoms with Crippen LogP contribution in [-0.4, -0.2) is 0 Å². The van der Waals surface area contributed by atoms with E-state index >= 15 is 0 Å². The molecule has 0 aliphatic heterocycles. The van der Waals surface area contributed by atoms with Gasteiger partial charge in [0.1, 0.15) is 5.82 Å². The minimum Gasteiger partial charge on any atom is -0.207 e. The summed E-state index contributed by atoms with van der Waals surface area (Å²) < 4.78 is 13.4. The van der Waals surface area contributed by atoms with E-state index in [9.17, 15) is 4.39 Å². The predicted octanol–water partition coefficient (Wildman–Crippen LogP) is 4.71. The van der Waals surface area contributed by atoms with Crippen molar-refractivity contribution in [2.45, 2.75) is 44.9 Å². The number of unbranched alkanes of at least 4 members (excludes halogenated alkanes) is 3. The lowest BCUT2D eigenvalue weighted by Crippen LogP contribution is -1.97. The van der Waals surface area contributed by atoms with Crippen molar-refractivity contribution in [1.82, 2.24) is 0 Å². The Labute approximate surface area is 92.5 Å². The summed E-state index contributed by atoms with van der Waals surface area (Å²) >= 11 is 0. The van der Waals surface area contributed by atoms with Gasteiger partial charge in [0, 0.05) is 0 Å². The average molecular weight is 207 g/mol. The molecule has 1 unspecified atom stereocenters. The molecule has 0 spiro atoms. The van der Waals surface area contributed by atoms with Gasteiger partial charge in [0.15, 0.2) is 0 Å². The lowest BCUT2D eigenvalue weighted by molar-refractivity contribution is 0.563. The summed E-state index contributed by atoms with van der Waals surface area (Å²) in [5.74, 6) is -0.0175. The van der Waals surface area contributed by atoms with E-state index in [1.165, 1.54) is 25.3 Å². The minimum absolute atomic E-state index is 0.100. The van der Waals surface area contributed by atoms with Crippen molar-refractivity contribution in [2.75, 3.05) is 0 Å². The maximum absolute atomic E-state index is 13.4. The summed E-state index contributed by atoms with van der Waals surface area (Å²) in [5.41, 5.74) is 0.758. The van der Waals surface area contributed by atoms with Crippen LogP contribution in [0.5, 0.6) is 0 Å². The van der Waals surface area contributed by atoms with Gasteiger partial charge in [-0.15, -0.1) is 0 Å². The van der Waals surface area contributed by atoms with Crippen LogP contribution in [-0.2, 0) is 0 Å². The molecule has 0 aliphatic rings. The number of rotatable bonds is 6. The molecule has 0 bridgehead atoms. The third-order valence-corrected chi connectivity index (χ3v) is 2.75. The van der Waals surface area contributed by atoms with Gasteiger partial charge in [-0.05, 0) is 30.9 Å². The zero-order valence-electron chi connectivity index (χ0n) is 9.51. The summed E-state index contributed by atoms with van der Waals surface area (Å²) in [4.78, 5) is 0. The summed E-state index contributed by atoms with van der Waals surface area (Å²) in [6.45, 7) is 6.22. The van der Waals surface area contributed by atoms with Gasteiger partial charge >= 0.3 is 0 Å². The van der Waals surface area contributed by atoms with Gasteiger partial charge in [-0.3, -0.25) is 0 Å². The third kappa shape index (κ3) is 4.03. The standard InChI is InChI=1S/C14H20F/c1-3-4-5-6-9-12(2)13-10-7-8-11-14(13)15/h7-8,10-12H,2-6,9H2,1H3. The number of benzene rings is 1. The van der Waals surface area contributed by atoms with Gasteiger partial charge in [-0.2, -0.15) is 0 Å². The van der Waals surface area contributed by atoms with E-state index < -0.39 is 0 Å². The second kappa shape index (κ2) is 6.60. The molecule has 1 aromatic carbocycles. The smallest absolute Gasteiger partial charge is 0.126 e. The monoisotopic (exact) mass is 207 g/mol. The van der Waals surface area contributed by atoms with Crippen LogP contribution in [0.4, 0.5) is 4.39 Å². The minimum atomic E-state index is -0.118. The molecule has 0 heterocycles. The maximum atomic E-state index is 13.4. The van der Waals surface area contributed by atoms with E-state index in [0.717, 1.165) is 18.4 Å². The zero-order chi connectivity index (χ0) is 11.1. The summed E-state index contributed by atoms with van der Waals surface area (Å²) in [6.07, 6.45) is 5.87. The molecule has 0 amide bonds. The van der Waals surface area contributed by atoms with E-state index in [2.05, 4.69) is 13.8 Å². The Balaban J connectivity index is 2.40. The van der Waals surface area contributed by atoms with Crippen LogP contribution >= 0.6 is 0 Å². The average Bonchev–Trinajstić information content (AvgIpc) is 2.25. The Morgan fingerprint density at radius 3 is 2.60 bits per heavy atom. The van der Waals surface area contributed by atoms with Crippen molar-refractivity contribution in [3.8, 4) is 0 Å². The normalized spacial score (nSPS) is 12.7. The van der Waals surface area contributed by atoms with Gasteiger partial charge in [0.2, 0.25) is 0 Å². The first-order valence-corrected chi connectivity index (χ1v) is 5.83. The summed E-state index contributed by atoms with van der Waals surface area (Å²) in [6, 6.07) is 6.96. The molecule has 15 heavy (non-hydrogen) atoms. The van der Waals surface area contributed by atoms with Crippen LogP contribution in [0.15, 0.2) is 24.3 Å². The fraction of sp³-hybridized carbons (Fsp3) is 0.500. The Morgan fingerprint density at radius 1 is 1.20 bits per heavy atom. The first kappa shape index (κ1) is 12.2. The van der Waals surface area contributed by atoms with Crippen molar-refractivity contribution in [2.24, 2.45) is 0 Å². The van der Waals surface area contributed by atoms with E-state index in [4.69, 9.17) is 0 Å². The Bertz CT molecular complexity index is 280. The molecular formula is C14H20F. The molecule has 1 heteroatoms. The van der Waals surface area contributed by atoms with Gasteiger partial charge in [-0.1, -0.05) is 50.8 Å². The first-order chi connectivity index (χ1) is 7.25. The van der Waals surface area contributed by atoms with E-state index in [1.807, 2.05) is 12.1 Å². The number of hydrogen-bond acceptors (Lipinski definition) is 0. The van der Waals surface area contributed by atoms with Crippen LogP contribution in [0.2, 0.25) is 0 Å². The molecule has 0 saturated heterocycles. The molecule has 1 radical (unpaired) electrons. The van der Waals surface area contributed by atoms with Gasteiger partial charge in [-0.25, -0.2) is 4.39 Å². The highest BCUT2D eigenvalue weighted by Gasteiger charge is 2.09. The Hall–Kier alpha value is -0.850. The molecule has 0 N–H and O–H groups in total. The lowest BCUT2D eigenvalue weighted by atomic mass is 9.94. The molecule has 0 nitrogen and oxygen atoms in total. The number of halogens is 1. The fourth-order valence-electron chi connectivity index (χ4n) is 1.78. The molecule has 0 fully saturated rings. The van der Waals surface area contributed by atoms with Crippen LogP contribution in [0, 0.1) is 12.7 Å². The topological polar surface area (TPSA) is 0 Å². The summed E-state index contributed by atoms with van der Waals surface area (Å²) in [7, 11) is 0. The molecule has 1 rings (SSSR count). The van der Waals surface area contributed by atoms with Crippen LogP contribution in [0.25, 0.3) is 0 Å². The van der Waals surface area contributed by atoms with Crippen molar-refractivity contribution in [3.05, 3.63) is 42.6 Å². The Morgan fingerprint density at radius 2 is 1.93 bits per heavy atom. The molecule has 0 aromatic heterocycles. The van der Waals surface area contributed by atoms with Crippen LogP contribution < -0.4 is 0 Å². The molecular weight excluding hydrogens is 187 g/mol. The van der Waals surface area contributed by atoms with Gasteiger partial charge < -0.3 is 0 Å². The molecule has 1 aromatic rings. The zero-order valence-corrected chi connectivity index (χ0v) is 9.51. The SMILES string of the molecule is [CH2]C(CCCCCC)c1ccccc1F. The van der Waals surface area contributed by atoms with Crippen molar-refractivity contribution in [3.63, 3.8) is 0 Å². The van der Waals surface area contributed by atoms with Crippen molar-refractivity contribution < 1.29 is 4.39 Å². The van der Waals surface area contributed by atoms with E-state index in [1.54, 1.807) is 6.07 Å². The second-order valence-corrected chi connectivity index (χ2v) is 4.07. The predicted molar refractivity (Wildman–Crippen MR) is 63.3 cm³/mol. The highest BCUT2D eigenvalue weighted by atomic mass is 19.1. The quantitative estimate of drug-likeness (QED) is 0.592. The molecule has 83 valence electrons. The van der Waals surface area contributed by atoms with Crippen LogP contribution in [0.1, 0.15) is 50.5 Å². The van der Waals surface area contributed by atoms with E-state index in [-0.39, 0.29) is 11.7 Å². The van der Waals surface area contributed by atoms with E-state index in [0.29, 0.717) is 0 Å². The lowest BCUT2D eigenvalue weighted by Gasteiger charge is -2.12. The van der Waals surface area contributed by atoms with Gasteiger partial charge in [0.25, 0.3) is 0 Å². The largest absolute Gasteiger partial charge is 0.207 e. The first-order valence-electron chi connectivity index (χ1n) is 5.83. The maximum Gasteiger partial charge on any atom is 0.126 e. The fourth-order valence-corrected chi connectivity index (χ4v) is 1.78. The third-order valence-electron chi connectivity index (χ3n) is 2.75. The molecule has 1 atom stereocenters. The van der Waals surface area contributed by atoms with Gasteiger partial charge in [0.05, 0.1) is 0 Å². The Kier molecular flexibility index (Phi) is 5.38. The molecule has 0 aliphatic carbocycles.